The molecule has 0 saturated carbocycles. The number of likely N-dealkylation sites (tertiary alicyclic amines) is 1. The van der Waals surface area contributed by atoms with Gasteiger partial charge in [0.05, 0.1) is 5.01 Å². The number of nitrogens with one attached hydrogen (secondary N) is 1. The summed E-state index contributed by atoms with van der Waals surface area (Å²) in [5.41, 5.74) is 0.254. The molecule has 2 aromatic heterocycles. The van der Waals surface area contributed by atoms with Gasteiger partial charge in [-0.2, -0.15) is 0 Å². The van der Waals surface area contributed by atoms with Gasteiger partial charge in [-0.25, -0.2) is 9.78 Å². The van der Waals surface area contributed by atoms with Crippen molar-refractivity contribution in [3.05, 3.63) is 21.1 Å². The second kappa shape index (κ2) is 8.88. The van der Waals surface area contributed by atoms with Gasteiger partial charge in [0, 0.05) is 29.8 Å². The Morgan fingerprint density at radius 3 is 2.69 bits per heavy atom. The largest absolute Gasteiger partial charge is 0.436 e. The first-order valence-electron chi connectivity index (χ1n) is 9.24. The van der Waals surface area contributed by atoms with E-state index in [-0.39, 0.29) is 29.9 Å². The van der Waals surface area contributed by atoms with Gasteiger partial charge in [-0.05, 0) is 12.8 Å². The zero-order valence-corrected chi connectivity index (χ0v) is 18.2. The zero-order valence-electron chi connectivity index (χ0n) is 16.6. The number of aromatic nitrogens is 3. The summed E-state index contributed by atoms with van der Waals surface area (Å²) in [5.74, 6) is 2.21. The van der Waals surface area contributed by atoms with Crippen molar-refractivity contribution in [1.29, 1.82) is 0 Å². The normalized spacial score (nSPS) is 15.0. The van der Waals surface area contributed by atoms with E-state index in [2.05, 4.69) is 26.4 Å². The first kappa shape index (κ1) is 21.2. The zero-order chi connectivity index (χ0) is 21.0. The van der Waals surface area contributed by atoms with Crippen molar-refractivity contribution in [2.45, 2.75) is 44.9 Å². The standard InChI is InChI=1S/C19H23N5O3S2/c1-5-10-27-18(26)24-8-6-12(7-9-24)15-20-13(11-28-15)14(25)21-17-23-22-16(29-17)19(2,3)4/h1,11-12H,6-10H2,2-4H3,(H,21,23,25). The number of thiazole rings is 1. The van der Waals surface area contributed by atoms with Crippen molar-refractivity contribution in [2.75, 3.05) is 25.0 Å². The molecule has 0 aromatic carbocycles. The monoisotopic (exact) mass is 433 g/mol. The lowest BCUT2D eigenvalue weighted by atomic mass is 9.98. The van der Waals surface area contributed by atoms with Gasteiger partial charge in [-0.1, -0.05) is 38.0 Å². The van der Waals surface area contributed by atoms with Crippen LogP contribution in [0.3, 0.4) is 0 Å². The van der Waals surface area contributed by atoms with Crippen LogP contribution in [0, 0.1) is 12.3 Å². The molecule has 2 amide bonds. The highest BCUT2D eigenvalue weighted by Gasteiger charge is 2.27. The molecule has 3 heterocycles. The van der Waals surface area contributed by atoms with Gasteiger partial charge in [0.15, 0.2) is 6.61 Å². The summed E-state index contributed by atoms with van der Waals surface area (Å²) >= 11 is 2.83. The number of terminal acetylenes is 1. The number of rotatable bonds is 4. The molecule has 0 atom stereocenters. The van der Waals surface area contributed by atoms with Crippen LogP contribution >= 0.6 is 22.7 Å². The van der Waals surface area contributed by atoms with Crippen molar-refractivity contribution in [3.8, 4) is 12.3 Å². The Morgan fingerprint density at radius 2 is 2.07 bits per heavy atom. The maximum absolute atomic E-state index is 12.5. The molecule has 0 spiro atoms. The van der Waals surface area contributed by atoms with E-state index in [9.17, 15) is 9.59 Å². The lowest BCUT2D eigenvalue weighted by Gasteiger charge is -2.30. The van der Waals surface area contributed by atoms with Crippen LogP contribution in [-0.2, 0) is 10.2 Å². The number of hydrogen-bond donors (Lipinski definition) is 1. The summed E-state index contributed by atoms with van der Waals surface area (Å²) in [6.07, 6.45) is 6.26. The van der Waals surface area contributed by atoms with Crippen LogP contribution in [0.4, 0.5) is 9.93 Å². The molecule has 0 aliphatic carbocycles. The Labute approximate surface area is 177 Å². The summed E-state index contributed by atoms with van der Waals surface area (Å²) in [6.45, 7) is 7.28. The fourth-order valence-corrected chi connectivity index (χ4v) is 4.59. The maximum Gasteiger partial charge on any atom is 0.410 e. The van der Waals surface area contributed by atoms with Crippen molar-refractivity contribution in [1.82, 2.24) is 20.1 Å². The fraction of sp³-hybridized carbons (Fsp3) is 0.526. The van der Waals surface area contributed by atoms with Crippen molar-refractivity contribution >= 4 is 39.8 Å². The van der Waals surface area contributed by atoms with E-state index >= 15 is 0 Å². The van der Waals surface area contributed by atoms with Crippen LogP contribution in [0.25, 0.3) is 0 Å². The third-order valence-corrected chi connectivity index (χ3v) is 6.69. The molecule has 8 nitrogen and oxygen atoms in total. The number of hydrogen-bond acceptors (Lipinski definition) is 8. The first-order chi connectivity index (χ1) is 13.8. The predicted octanol–water partition coefficient (Wildman–Crippen LogP) is 3.49. The topological polar surface area (TPSA) is 97.3 Å². The summed E-state index contributed by atoms with van der Waals surface area (Å²) < 4.78 is 4.96. The molecule has 3 rings (SSSR count). The van der Waals surface area contributed by atoms with E-state index in [1.165, 1.54) is 22.7 Å². The van der Waals surface area contributed by atoms with Crippen LogP contribution in [0.1, 0.15) is 60.0 Å². The molecule has 1 saturated heterocycles. The Morgan fingerprint density at radius 1 is 1.34 bits per heavy atom. The highest BCUT2D eigenvalue weighted by Crippen LogP contribution is 2.31. The summed E-state index contributed by atoms with van der Waals surface area (Å²) in [7, 11) is 0. The molecule has 1 aliphatic rings. The summed E-state index contributed by atoms with van der Waals surface area (Å²) in [5, 5.41) is 14.9. The van der Waals surface area contributed by atoms with Gasteiger partial charge >= 0.3 is 6.09 Å². The summed E-state index contributed by atoms with van der Waals surface area (Å²) in [6, 6.07) is 0. The Hall–Kier alpha value is -2.51. The quantitative estimate of drug-likeness (QED) is 0.741. The smallest absolute Gasteiger partial charge is 0.410 e. The lowest BCUT2D eigenvalue weighted by Crippen LogP contribution is -2.38. The molecular formula is C19H23N5O3S2. The van der Waals surface area contributed by atoms with E-state index in [1.54, 1.807) is 10.3 Å². The highest BCUT2D eigenvalue weighted by atomic mass is 32.1. The van der Waals surface area contributed by atoms with Gasteiger partial charge in [0.1, 0.15) is 10.7 Å². The SMILES string of the molecule is C#CCOC(=O)N1CCC(c2nc(C(=O)Nc3nnc(C(C)(C)C)s3)cs2)CC1. The predicted molar refractivity (Wildman–Crippen MR) is 112 cm³/mol. The van der Waals surface area contributed by atoms with Gasteiger partial charge in [0.25, 0.3) is 5.91 Å². The van der Waals surface area contributed by atoms with Crippen molar-refractivity contribution in [2.24, 2.45) is 0 Å². The average molecular weight is 434 g/mol. The number of carbonyl (C=O) groups excluding carboxylic acids is 2. The molecule has 0 unspecified atom stereocenters. The molecule has 1 aliphatic heterocycles. The third kappa shape index (κ3) is 5.31. The first-order valence-corrected chi connectivity index (χ1v) is 10.9. The minimum absolute atomic E-state index is 0.0183. The average Bonchev–Trinajstić information content (AvgIpc) is 3.35. The molecule has 10 heteroatoms. The van der Waals surface area contributed by atoms with E-state index in [0.717, 1.165) is 22.9 Å². The number of piperidine rings is 1. The van der Waals surface area contributed by atoms with E-state index < -0.39 is 0 Å². The van der Waals surface area contributed by atoms with E-state index in [0.29, 0.717) is 23.9 Å². The number of anilines is 1. The maximum atomic E-state index is 12.5. The molecule has 29 heavy (non-hydrogen) atoms. The van der Waals surface area contributed by atoms with Crippen molar-refractivity contribution < 1.29 is 14.3 Å². The number of ether oxygens (including phenoxy) is 1. The molecule has 0 radical (unpaired) electrons. The Kier molecular flexibility index (Phi) is 6.49. The molecule has 2 aromatic rings. The van der Waals surface area contributed by atoms with Crippen LogP contribution in [-0.4, -0.2) is 51.8 Å². The van der Waals surface area contributed by atoms with Crippen LogP contribution < -0.4 is 5.32 Å². The second-order valence-corrected chi connectivity index (χ2v) is 9.57. The third-order valence-electron chi connectivity index (χ3n) is 4.42. The molecule has 1 N–H and O–H groups in total. The summed E-state index contributed by atoms with van der Waals surface area (Å²) in [4.78, 5) is 30.5. The van der Waals surface area contributed by atoms with Crippen LogP contribution in [0.5, 0.6) is 0 Å². The van der Waals surface area contributed by atoms with Crippen LogP contribution in [0.2, 0.25) is 0 Å². The van der Waals surface area contributed by atoms with Crippen LogP contribution in [0.15, 0.2) is 5.38 Å². The lowest BCUT2D eigenvalue weighted by molar-refractivity contribution is 0.102. The Bertz CT molecular complexity index is 917. The minimum atomic E-state index is -0.382. The van der Waals surface area contributed by atoms with Gasteiger partial charge in [-0.15, -0.1) is 28.0 Å². The number of nitrogens with zero attached hydrogens (tertiary/aromatic N) is 4. The highest BCUT2D eigenvalue weighted by molar-refractivity contribution is 7.15. The molecular weight excluding hydrogens is 410 g/mol. The minimum Gasteiger partial charge on any atom is -0.436 e. The van der Waals surface area contributed by atoms with Crippen molar-refractivity contribution in [3.63, 3.8) is 0 Å². The molecule has 1 fully saturated rings. The molecule has 154 valence electrons. The van der Waals surface area contributed by atoms with E-state index in [1.807, 2.05) is 20.8 Å². The van der Waals surface area contributed by atoms with Gasteiger partial charge < -0.3 is 9.64 Å². The fourth-order valence-electron chi connectivity index (χ4n) is 2.82. The van der Waals surface area contributed by atoms with Gasteiger partial charge in [0.2, 0.25) is 5.13 Å². The second-order valence-electron chi connectivity index (χ2n) is 7.71. The van der Waals surface area contributed by atoms with E-state index in [4.69, 9.17) is 11.2 Å². The Balaban J connectivity index is 1.56. The number of amides is 2. The molecule has 0 bridgehead atoms. The van der Waals surface area contributed by atoms with Gasteiger partial charge in [-0.3, -0.25) is 10.1 Å². The number of carbonyl (C=O) groups is 2.